The van der Waals surface area contributed by atoms with E-state index >= 15 is 4.39 Å². The molecule has 69 heavy (non-hydrogen) atoms. The molecule has 0 spiro atoms. The summed E-state index contributed by atoms with van der Waals surface area (Å²) in [6, 6.07) is 15.9. The quantitative estimate of drug-likeness (QED) is 0.128. The molecule has 8 heterocycles. The van der Waals surface area contributed by atoms with E-state index in [9.17, 15) is 19.5 Å². The molecule has 17 nitrogen and oxygen atoms in total. The molecule has 0 saturated carbocycles. The van der Waals surface area contributed by atoms with Crippen molar-refractivity contribution in [2.45, 2.75) is 77.0 Å². The highest BCUT2D eigenvalue weighted by atomic mass is 35.5. The fourth-order valence-corrected chi connectivity index (χ4v) is 9.61. The number of halogens is 2. The summed E-state index contributed by atoms with van der Waals surface area (Å²) in [7, 11) is 5.36. The molecule has 7 aromatic rings. The lowest BCUT2D eigenvalue weighted by Crippen LogP contribution is -2.57. The molecule has 2 aliphatic heterocycles. The number of aromatic nitrogens is 9. The van der Waals surface area contributed by atoms with E-state index < -0.39 is 18.0 Å². The maximum Gasteiger partial charge on any atom is 0.324 e. The van der Waals surface area contributed by atoms with Gasteiger partial charge in [-0.1, -0.05) is 49.2 Å². The van der Waals surface area contributed by atoms with Crippen molar-refractivity contribution in [1.29, 1.82) is 0 Å². The number of aliphatic hydroxyl groups is 1. The summed E-state index contributed by atoms with van der Waals surface area (Å²) in [4.78, 5) is 59.5. The third kappa shape index (κ3) is 9.79. The zero-order valence-corrected chi connectivity index (χ0v) is 40.3. The molecule has 6 aromatic heterocycles. The Balaban J connectivity index is 1.04. The average molecular weight is 958 g/mol. The van der Waals surface area contributed by atoms with Gasteiger partial charge in [0.15, 0.2) is 11.0 Å². The molecule has 2 fully saturated rings. The molecule has 0 atom stereocenters. The minimum atomic E-state index is -0.719. The molecule has 0 amide bonds. The fraction of sp³-hybridized carbons (Fsp3) is 0.380. The number of piperidine rings is 2. The number of anilines is 4. The number of hydrogen-bond donors (Lipinski definition) is 3. The summed E-state index contributed by atoms with van der Waals surface area (Å²) in [6.07, 6.45) is 10.4. The predicted molar refractivity (Wildman–Crippen MR) is 263 cm³/mol. The van der Waals surface area contributed by atoms with Gasteiger partial charge >= 0.3 is 5.56 Å². The van der Waals surface area contributed by atoms with Crippen LogP contribution in [-0.4, -0.2) is 87.3 Å². The van der Waals surface area contributed by atoms with E-state index in [4.69, 9.17) is 16.6 Å². The lowest BCUT2D eigenvalue weighted by atomic mass is 9.86. The smallest absolute Gasteiger partial charge is 0.324 e. The van der Waals surface area contributed by atoms with Crippen molar-refractivity contribution in [2.75, 3.05) is 43.9 Å². The van der Waals surface area contributed by atoms with Gasteiger partial charge in [0.2, 0.25) is 12.4 Å². The highest BCUT2D eigenvalue weighted by Gasteiger charge is 2.31. The van der Waals surface area contributed by atoms with Gasteiger partial charge in [0.05, 0.1) is 30.8 Å². The molecule has 9 rings (SSSR count). The maximum atomic E-state index is 15.8. The van der Waals surface area contributed by atoms with Crippen molar-refractivity contribution in [1.82, 2.24) is 49.0 Å². The summed E-state index contributed by atoms with van der Waals surface area (Å²) in [5.41, 5.74) is 3.04. The van der Waals surface area contributed by atoms with Crippen molar-refractivity contribution >= 4 is 45.4 Å². The number of nitrogens with zero attached hydrogens (tertiary/aromatic N) is 11. The zero-order valence-electron chi connectivity index (χ0n) is 39.6. The predicted octanol–water partition coefficient (Wildman–Crippen LogP) is 6.03. The topological polar surface area (TPSA) is 185 Å². The molecule has 0 unspecified atom stereocenters. The van der Waals surface area contributed by atoms with E-state index in [0.29, 0.717) is 54.0 Å². The molecular weight excluding hydrogens is 901 g/mol. The van der Waals surface area contributed by atoms with Crippen LogP contribution < -0.4 is 32.0 Å². The van der Waals surface area contributed by atoms with Crippen molar-refractivity contribution < 1.29 is 14.2 Å². The first-order valence-corrected chi connectivity index (χ1v) is 23.5. The van der Waals surface area contributed by atoms with Gasteiger partial charge in [-0.3, -0.25) is 14.4 Å². The Hall–Kier alpha value is -6.73. The van der Waals surface area contributed by atoms with Gasteiger partial charge in [-0.2, -0.15) is 14.9 Å². The Morgan fingerprint density at radius 1 is 0.783 bits per heavy atom. The number of hydrogen-bond acceptors (Lipinski definition) is 13. The summed E-state index contributed by atoms with van der Waals surface area (Å²) in [5.74, 6) is 0.993. The SMILES string of the molecule is CN1CCC(c2ccc(Nc3cc(-c4ccnc(-n5ncc6cc(C(C)(C)C)cc(F)c6c5=O)c4CO)[n+](CN4CCC(c5ccc(Nc6cc(Cl)nn(C)c6=O)nc5)CC4)n(C)c3=O)nc2)CC1. The lowest BCUT2D eigenvalue weighted by Gasteiger charge is -2.30. The Kier molecular flexibility index (Phi) is 13.3. The van der Waals surface area contributed by atoms with Gasteiger partial charge in [-0.05, 0) is 110 Å². The summed E-state index contributed by atoms with van der Waals surface area (Å²) in [6.45, 7) is 9.09. The van der Waals surface area contributed by atoms with Crippen LogP contribution in [0.25, 0.3) is 27.8 Å². The minimum absolute atomic E-state index is 0.0324. The summed E-state index contributed by atoms with van der Waals surface area (Å²) >= 11 is 6.08. The van der Waals surface area contributed by atoms with Gasteiger partial charge < -0.3 is 20.6 Å². The Labute approximate surface area is 402 Å². The van der Waals surface area contributed by atoms with Crippen molar-refractivity contribution in [3.05, 3.63) is 144 Å². The van der Waals surface area contributed by atoms with Crippen LogP contribution in [0.1, 0.15) is 80.5 Å². The molecule has 19 heteroatoms. The van der Waals surface area contributed by atoms with Crippen LogP contribution in [0, 0.1) is 5.82 Å². The van der Waals surface area contributed by atoms with E-state index in [-0.39, 0.29) is 55.7 Å². The number of nitrogens with one attached hydrogen (secondary N) is 2. The van der Waals surface area contributed by atoms with Gasteiger partial charge in [0.1, 0.15) is 28.8 Å². The van der Waals surface area contributed by atoms with Crippen LogP contribution in [0.4, 0.5) is 27.4 Å². The van der Waals surface area contributed by atoms with Crippen LogP contribution in [0.5, 0.6) is 0 Å². The van der Waals surface area contributed by atoms with Crippen LogP contribution >= 0.6 is 11.6 Å². The number of pyridine rings is 3. The van der Waals surface area contributed by atoms with E-state index in [1.807, 2.05) is 56.0 Å². The maximum absolute atomic E-state index is 15.8. The molecule has 1 aromatic carbocycles. The van der Waals surface area contributed by atoms with Gasteiger partial charge in [-0.25, -0.2) is 28.9 Å². The third-order valence-electron chi connectivity index (χ3n) is 13.5. The summed E-state index contributed by atoms with van der Waals surface area (Å²) in [5, 5.41) is 26.3. The van der Waals surface area contributed by atoms with Crippen molar-refractivity contribution in [2.24, 2.45) is 14.1 Å². The number of benzene rings is 1. The van der Waals surface area contributed by atoms with Crippen molar-refractivity contribution in [3.8, 4) is 17.1 Å². The third-order valence-corrected chi connectivity index (χ3v) is 13.7. The molecule has 0 bridgehead atoms. The Bertz CT molecular complexity index is 3230. The molecule has 2 aliphatic rings. The fourth-order valence-electron chi connectivity index (χ4n) is 9.39. The van der Waals surface area contributed by atoms with Gasteiger partial charge in [-0.15, -0.1) is 4.68 Å². The second kappa shape index (κ2) is 19.3. The monoisotopic (exact) mass is 956 g/mol. The second-order valence-electron chi connectivity index (χ2n) is 19.1. The van der Waals surface area contributed by atoms with E-state index in [1.165, 1.54) is 36.3 Å². The average Bonchev–Trinajstić information content (AvgIpc) is 3.33. The first-order chi connectivity index (χ1) is 33.1. The van der Waals surface area contributed by atoms with Crippen LogP contribution in [-0.2, 0) is 32.8 Å². The molecular formula is C50H56ClFN13O4+. The molecule has 358 valence electrons. The zero-order chi connectivity index (χ0) is 48.7. The molecule has 0 aliphatic carbocycles. The van der Waals surface area contributed by atoms with E-state index in [0.717, 1.165) is 60.1 Å². The number of likely N-dealkylation sites (tertiary alicyclic amines) is 2. The Morgan fingerprint density at radius 3 is 2.00 bits per heavy atom. The highest BCUT2D eigenvalue weighted by molar-refractivity contribution is 6.29. The Morgan fingerprint density at radius 2 is 1.41 bits per heavy atom. The van der Waals surface area contributed by atoms with E-state index in [1.54, 1.807) is 29.9 Å². The number of fused-ring (bicyclic) bond motifs is 1. The van der Waals surface area contributed by atoms with Crippen molar-refractivity contribution in [3.63, 3.8) is 0 Å². The van der Waals surface area contributed by atoms with Crippen LogP contribution in [0.15, 0.2) is 93.8 Å². The van der Waals surface area contributed by atoms with E-state index in [2.05, 4.69) is 53.7 Å². The van der Waals surface area contributed by atoms with Gasteiger partial charge in [0, 0.05) is 61.8 Å². The highest BCUT2D eigenvalue weighted by Crippen LogP contribution is 2.32. The first kappa shape index (κ1) is 47.3. The number of rotatable bonds is 11. The normalized spacial score (nSPS) is 15.5. The number of aliphatic hydroxyl groups excluding tert-OH is 1. The summed E-state index contributed by atoms with van der Waals surface area (Å²) < 4.78 is 21.4. The van der Waals surface area contributed by atoms with Crippen LogP contribution in [0.3, 0.4) is 0 Å². The first-order valence-electron chi connectivity index (χ1n) is 23.1. The minimum Gasteiger partial charge on any atom is -0.392 e. The molecule has 0 radical (unpaired) electrons. The lowest BCUT2D eigenvalue weighted by molar-refractivity contribution is -0.784. The van der Waals surface area contributed by atoms with Gasteiger partial charge in [0.25, 0.3) is 11.1 Å². The standard InChI is InChI=1S/C50H55ClFN13O4/c1-50(2,3)35-21-34-27-56-65(49(69)45(34)38(52)22-35)46-37(28-66)36(11-16-53-46)41-23-39(57-43-9-7-32(25-54-43)30-12-17-60(4)18-13-30)48(68)62(6)64(41)29-63-19-14-31(15-20-63)33-8-10-44(55-26-33)58-40-24-42(51)59-61(5)47(40)67/h7-11,16,21-27,30-31,66H,12-15,17-20,28-29H2,1-6H3,(H,55,58,59)/p+1. The molecule has 2 saturated heterocycles. The van der Waals surface area contributed by atoms with Crippen LogP contribution in [0.2, 0.25) is 5.15 Å². The largest absolute Gasteiger partial charge is 0.392 e. The molecule has 3 N–H and O–H groups in total. The number of aryl methyl sites for hydroxylation is 1. The second-order valence-corrected chi connectivity index (χ2v) is 19.5.